The predicted octanol–water partition coefficient (Wildman–Crippen LogP) is 2.42. The van der Waals surface area contributed by atoms with Gasteiger partial charge < -0.3 is 5.73 Å². The molecule has 10 heavy (non-hydrogen) atoms. The minimum atomic E-state index is 0. The molecule has 0 fully saturated rings. The summed E-state index contributed by atoms with van der Waals surface area (Å²) in [6.45, 7) is 4.64. The summed E-state index contributed by atoms with van der Waals surface area (Å²) < 4.78 is 0. The zero-order valence-corrected chi connectivity index (χ0v) is 6.67. The second-order valence-corrected chi connectivity index (χ2v) is 1.69. The number of hydrogen-bond acceptors (Lipinski definition) is 1. The zero-order valence-electron chi connectivity index (χ0n) is 6.67. The minimum Gasteiger partial charge on any atom is -0.326 e. The molecule has 0 aliphatic rings. The number of hydrogen-bond donors (Lipinski definition) is 1. The van der Waals surface area contributed by atoms with Crippen molar-refractivity contribution < 1.29 is 1.43 Å². The molecule has 1 aromatic carbocycles. The Morgan fingerprint density at radius 3 is 2.00 bits per heavy atom. The Labute approximate surface area is 64.4 Å². The van der Waals surface area contributed by atoms with Crippen LogP contribution < -0.4 is 5.73 Å². The molecule has 0 aliphatic heterocycles. The molecule has 0 bridgehead atoms. The Hall–Kier alpha value is -0.820. The first-order valence-corrected chi connectivity index (χ1v) is 3.67. The molecule has 1 heteroatoms. The third-order valence-corrected chi connectivity index (χ3v) is 1.08. The van der Waals surface area contributed by atoms with Gasteiger partial charge in [0.25, 0.3) is 0 Å². The van der Waals surface area contributed by atoms with Crippen molar-refractivity contribution in [2.24, 2.45) is 5.73 Å². The molecule has 0 atom stereocenters. The highest BCUT2D eigenvalue weighted by Gasteiger charge is 1.80. The van der Waals surface area contributed by atoms with E-state index in [1.54, 1.807) is 0 Å². The maximum Gasteiger partial charge on any atom is 0.0178 e. The minimum absolute atomic E-state index is 0. The molecule has 0 unspecified atom stereocenters. The van der Waals surface area contributed by atoms with Crippen molar-refractivity contribution in [1.82, 2.24) is 0 Å². The summed E-state index contributed by atoms with van der Waals surface area (Å²) in [5.74, 6) is 0. The molecule has 0 saturated heterocycles. The molecule has 2 N–H and O–H groups in total. The smallest absolute Gasteiger partial charge is 0.0178 e. The molecular formula is C9H17N. The third kappa shape index (κ3) is 3.25. The van der Waals surface area contributed by atoms with Crippen molar-refractivity contribution in [3.63, 3.8) is 0 Å². The van der Waals surface area contributed by atoms with E-state index in [-0.39, 0.29) is 1.43 Å². The van der Waals surface area contributed by atoms with E-state index in [4.69, 9.17) is 5.73 Å². The van der Waals surface area contributed by atoms with Crippen LogP contribution in [-0.2, 0) is 6.54 Å². The van der Waals surface area contributed by atoms with Gasteiger partial charge in [0.15, 0.2) is 0 Å². The van der Waals surface area contributed by atoms with Gasteiger partial charge in [-0.25, -0.2) is 0 Å². The molecule has 0 heterocycles. The van der Waals surface area contributed by atoms with E-state index in [0.29, 0.717) is 6.54 Å². The molecule has 0 aromatic heterocycles. The van der Waals surface area contributed by atoms with Gasteiger partial charge in [0.1, 0.15) is 0 Å². The molecule has 0 amide bonds. The highest BCUT2D eigenvalue weighted by atomic mass is 14.5. The third-order valence-electron chi connectivity index (χ3n) is 1.08. The van der Waals surface area contributed by atoms with Crippen molar-refractivity contribution in [2.45, 2.75) is 20.4 Å². The Morgan fingerprint density at radius 1 is 1.20 bits per heavy atom. The van der Waals surface area contributed by atoms with Gasteiger partial charge in [0.05, 0.1) is 0 Å². The Morgan fingerprint density at radius 2 is 1.70 bits per heavy atom. The molecule has 58 valence electrons. The standard InChI is InChI=1S/C7H9N.C2H6.H2/c8-6-7-4-2-1-3-5-7;1-2;/h1-5H,6,8H2;1-2H3;1H. The lowest BCUT2D eigenvalue weighted by Crippen LogP contribution is -1.94. The van der Waals surface area contributed by atoms with E-state index < -0.39 is 0 Å². The first-order chi connectivity index (χ1) is 4.93. The van der Waals surface area contributed by atoms with E-state index in [0.717, 1.165) is 0 Å². The average molecular weight is 139 g/mol. The highest BCUT2D eigenvalue weighted by molar-refractivity contribution is 5.13. The summed E-state index contributed by atoms with van der Waals surface area (Å²) in [5.41, 5.74) is 6.54. The molecular weight excluding hydrogens is 122 g/mol. The van der Waals surface area contributed by atoms with Crippen LogP contribution in [0.2, 0.25) is 0 Å². The quantitative estimate of drug-likeness (QED) is 0.635. The van der Waals surface area contributed by atoms with Crippen LogP contribution in [0, 0.1) is 0 Å². The van der Waals surface area contributed by atoms with Gasteiger partial charge in [-0.2, -0.15) is 0 Å². The Bertz CT molecular complexity index is 151. The van der Waals surface area contributed by atoms with Crippen molar-refractivity contribution >= 4 is 0 Å². The first kappa shape index (κ1) is 9.18. The van der Waals surface area contributed by atoms with Gasteiger partial charge in [-0.05, 0) is 5.56 Å². The van der Waals surface area contributed by atoms with Crippen molar-refractivity contribution in [3.05, 3.63) is 35.9 Å². The molecule has 1 aromatic rings. The van der Waals surface area contributed by atoms with E-state index >= 15 is 0 Å². The van der Waals surface area contributed by atoms with Crippen molar-refractivity contribution in [2.75, 3.05) is 0 Å². The second kappa shape index (κ2) is 6.30. The monoisotopic (exact) mass is 139 g/mol. The fourth-order valence-electron chi connectivity index (χ4n) is 0.614. The van der Waals surface area contributed by atoms with Crippen LogP contribution in [0.15, 0.2) is 30.3 Å². The fraction of sp³-hybridized carbons (Fsp3) is 0.333. The van der Waals surface area contributed by atoms with Crippen molar-refractivity contribution in [3.8, 4) is 0 Å². The van der Waals surface area contributed by atoms with Gasteiger partial charge in [-0.3, -0.25) is 0 Å². The van der Waals surface area contributed by atoms with Gasteiger partial charge >= 0.3 is 0 Å². The van der Waals surface area contributed by atoms with E-state index in [1.807, 2.05) is 44.2 Å². The molecule has 0 aliphatic carbocycles. The second-order valence-electron chi connectivity index (χ2n) is 1.69. The summed E-state index contributed by atoms with van der Waals surface area (Å²) in [4.78, 5) is 0. The summed E-state index contributed by atoms with van der Waals surface area (Å²) in [7, 11) is 0. The lowest BCUT2D eigenvalue weighted by Gasteiger charge is -1.90. The zero-order chi connectivity index (χ0) is 7.82. The average Bonchev–Trinajstić information content (AvgIpc) is 2.10. The molecule has 0 saturated carbocycles. The molecule has 0 radical (unpaired) electrons. The topological polar surface area (TPSA) is 26.0 Å². The van der Waals surface area contributed by atoms with Gasteiger partial charge in [-0.1, -0.05) is 44.2 Å². The SMILES string of the molecule is CC.NCc1ccccc1.[HH]. The maximum absolute atomic E-state index is 5.35. The number of benzene rings is 1. The van der Waals surface area contributed by atoms with Crippen LogP contribution in [0.25, 0.3) is 0 Å². The van der Waals surface area contributed by atoms with Crippen LogP contribution in [0.1, 0.15) is 20.8 Å². The van der Waals surface area contributed by atoms with E-state index in [9.17, 15) is 0 Å². The van der Waals surface area contributed by atoms with Crippen LogP contribution >= 0.6 is 0 Å². The maximum atomic E-state index is 5.35. The first-order valence-electron chi connectivity index (χ1n) is 3.67. The highest BCUT2D eigenvalue weighted by Crippen LogP contribution is 1.94. The molecule has 1 nitrogen and oxygen atoms in total. The van der Waals surface area contributed by atoms with Crippen molar-refractivity contribution in [1.29, 1.82) is 0 Å². The number of rotatable bonds is 1. The Kier molecular flexibility index (Phi) is 5.79. The number of nitrogens with two attached hydrogens (primary N) is 1. The van der Waals surface area contributed by atoms with Gasteiger partial charge in [-0.15, -0.1) is 0 Å². The fourth-order valence-corrected chi connectivity index (χ4v) is 0.614. The summed E-state index contributed by atoms with van der Waals surface area (Å²) in [6.07, 6.45) is 0. The largest absolute Gasteiger partial charge is 0.326 e. The van der Waals surface area contributed by atoms with Crippen LogP contribution in [0.3, 0.4) is 0 Å². The lowest BCUT2D eigenvalue weighted by atomic mass is 10.2. The van der Waals surface area contributed by atoms with Crippen LogP contribution in [-0.4, -0.2) is 0 Å². The summed E-state index contributed by atoms with van der Waals surface area (Å²) in [6, 6.07) is 9.99. The van der Waals surface area contributed by atoms with Gasteiger partial charge in [0.2, 0.25) is 0 Å². The Balaban J connectivity index is 0. The summed E-state index contributed by atoms with van der Waals surface area (Å²) >= 11 is 0. The molecule has 0 spiro atoms. The lowest BCUT2D eigenvalue weighted by molar-refractivity contribution is 1.07. The molecule has 1 rings (SSSR count). The van der Waals surface area contributed by atoms with Gasteiger partial charge in [0, 0.05) is 7.97 Å². The predicted molar refractivity (Wildman–Crippen MR) is 47.8 cm³/mol. The van der Waals surface area contributed by atoms with E-state index in [2.05, 4.69) is 0 Å². The van der Waals surface area contributed by atoms with Crippen LogP contribution in [0.5, 0.6) is 0 Å². The van der Waals surface area contributed by atoms with Crippen LogP contribution in [0.4, 0.5) is 0 Å². The summed E-state index contributed by atoms with van der Waals surface area (Å²) in [5, 5.41) is 0. The van der Waals surface area contributed by atoms with E-state index in [1.165, 1.54) is 5.56 Å². The normalized spacial score (nSPS) is 7.90.